The van der Waals surface area contributed by atoms with Crippen LogP contribution in [0, 0.1) is 24.0 Å². The number of aryl methyl sites for hydroxylation is 2. The van der Waals surface area contributed by atoms with Gasteiger partial charge in [0.2, 0.25) is 5.75 Å². The summed E-state index contributed by atoms with van der Waals surface area (Å²) in [7, 11) is 0. The second kappa shape index (κ2) is 6.49. The molecule has 7 nitrogen and oxygen atoms in total. The van der Waals surface area contributed by atoms with E-state index in [0.29, 0.717) is 0 Å². The van der Waals surface area contributed by atoms with E-state index in [4.69, 9.17) is 4.74 Å². The lowest BCUT2D eigenvalue weighted by Crippen LogP contribution is -2.02. The number of benzene rings is 1. The number of hydrogen-bond donors (Lipinski definition) is 0. The number of nitro groups is 1. The molecule has 0 bridgehead atoms. The molecule has 0 saturated heterocycles. The number of aromatic nitrogens is 3. The van der Waals surface area contributed by atoms with Gasteiger partial charge in [-0.2, -0.15) is 5.10 Å². The van der Waals surface area contributed by atoms with Gasteiger partial charge in [0.1, 0.15) is 12.8 Å². The van der Waals surface area contributed by atoms with Crippen LogP contribution in [0.15, 0.2) is 48.7 Å². The predicted molar refractivity (Wildman–Crippen MR) is 88.3 cm³/mol. The summed E-state index contributed by atoms with van der Waals surface area (Å²) in [6, 6.07) is 12.9. The van der Waals surface area contributed by atoms with Gasteiger partial charge in [0.15, 0.2) is 0 Å². The van der Waals surface area contributed by atoms with E-state index in [1.807, 2.05) is 48.9 Å². The minimum atomic E-state index is -0.554. The lowest BCUT2D eigenvalue weighted by molar-refractivity contribution is -0.390. The van der Waals surface area contributed by atoms with Crippen molar-refractivity contribution in [3.8, 4) is 11.4 Å². The number of pyridine rings is 1. The quantitative estimate of drug-likeness (QED) is 0.531. The summed E-state index contributed by atoms with van der Waals surface area (Å²) in [6.07, 6.45) is 1.37. The lowest BCUT2D eigenvalue weighted by atomic mass is 10.2. The first-order valence-corrected chi connectivity index (χ1v) is 7.39. The van der Waals surface area contributed by atoms with Gasteiger partial charge in [-0.15, -0.1) is 0 Å². The predicted octanol–water partition coefficient (Wildman–Crippen LogP) is 3.37. The number of hydrogen-bond acceptors (Lipinski definition) is 5. The maximum absolute atomic E-state index is 10.9. The van der Waals surface area contributed by atoms with Crippen LogP contribution in [0.25, 0.3) is 5.69 Å². The van der Waals surface area contributed by atoms with Crippen LogP contribution in [0.2, 0.25) is 0 Å². The molecule has 0 N–H and O–H groups in total. The smallest absolute Gasteiger partial charge is 0.406 e. The summed E-state index contributed by atoms with van der Waals surface area (Å²) >= 11 is 0. The molecule has 24 heavy (non-hydrogen) atoms. The van der Waals surface area contributed by atoms with Crippen LogP contribution in [-0.4, -0.2) is 19.7 Å². The Morgan fingerprint density at radius 1 is 1.21 bits per heavy atom. The third kappa shape index (κ3) is 3.24. The second-order valence-electron chi connectivity index (χ2n) is 5.38. The van der Waals surface area contributed by atoms with Crippen molar-refractivity contribution in [2.24, 2.45) is 0 Å². The van der Waals surface area contributed by atoms with Crippen LogP contribution in [-0.2, 0) is 6.61 Å². The first kappa shape index (κ1) is 15.7. The van der Waals surface area contributed by atoms with Crippen LogP contribution in [0.1, 0.15) is 17.0 Å². The van der Waals surface area contributed by atoms with Gasteiger partial charge in [-0.25, -0.2) is 4.68 Å². The van der Waals surface area contributed by atoms with Crippen molar-refractivity contribution in [1.29, 1.82) is 0 Å². The lowest BCUT2D eigenvalue weighted by Gasteiger charge is -2.08. The molecule has 0 radical (unpaired) electrons. The molecule has 0 aliphatic heterocycles. The monoisotopic (exact) mass is 324 g/mol. The van der Waals surface area contributed by atoms with Crippen LogP contribution in [0.4, 0.5) is 5.82 Å². The molecular weight excluding hydrogens is 308 g/mol. The molecule has 0 unspecified atom stereocenters. The molecule has 0 aliphatic carbocycles. The maximum Gasteiger partial charge on any atom is 0.406 e. The van der Waals surface area contributed by atoms with Crippen LogP contribution < -0.4 is 4.74 Å². The zero-order valence-corrected chi connectivity index (χ0v) is 13.3. The summed E-state index contributed by atoms with van der Waals surface area (Å²) in [5.74, 6) is -0.123. The Hall–Kier alpha value is -3.22. The van der Waals surface area contributed by atoms with Crippen molar-refractivity contribution < 1.29 is 9.66 Å². The van der Waals surface area contributed by atoms with E-state index < -0.39 is 4.92 Å². The average Bonchev–Trinajstić information content (AvgIpc) is 2.92. The third-order valence-electron chi connectivity index (χ3n) is 3.51. The van der Waals surface area contributed by atoms with E-state index in [2.05, 4.69) is 10.1 Å². The molecule has 2 aromatic heterocycles. The number of rotatable bonds is 5. The van der Waals surface area contributed by atoms with Gasteiger partial charge in [-0.3, -0.25) is 0 Å². The first-order valence-electron chi connectivity index (χ1n) is 7.39. The molecule has 0 saturated carbocycles. The Balaban J connectivity index is 1.74. The second-order valence-corrected chi connectivity index (χ2v) is 5.38. The molecule has 0 fully saturated rings. The fraction of sp³-hybridized carbons (Fsp3) is 0.176. The van der Waals surface area contributed by atoms with E-state index in [9.17, 15) is 10.1 Å². The zero-order valence-electron chi connectivity index (χ0n) is 13.3. The molecule has 3 aromatic rings. The van der Waals surface area contributed by atoms with Crippen LogP contribution >= 0.6 is 0 Å². The highest BCUT2D eigenvalue weighted by atomic mass is 16.6. The molecule has 0 spiro atoms. The summed E-state index contributed by atoms with van der Waals surface area (Å²) < 4.78 is 7.40. The standard InChI is InChI=1S/C17H16N4O3/c1-12-10-13(2)20(19-12)15-7-5-14(6-8-15)11-24-16-4-3-9-18-17(16)21(22)23/h3-10H,11H2,1-2H3. The maximum atomic E-state index is 10.9. The van der Waals surface area contributed by atoms with Gasteiger partial charge >= 0.3 is 5.82 Å². The summed E-state index contributed by atoms with van der Waals surface area (Å²) in [6.45, 7) is 4.18. The fourth-order valence-corrected chi connectivity index (χ4v) is 2.42. The van der Waals surface area contributed by atoms with E-state index in [0.717, 1.165) is 22.6 Å². The largest absolute Gasteiger partial charge is 0.481 e. The molecule has 2 heterocycles. The van der Waals surface area contributed by atoms with Crippen molar-refractivity contribution >= 4 is 5.82 Å². The van der Waals surface area contributed by atoms with E-state index in [1.165, 1.54) is 12.3 Å². The molecule has 122 valence electrons. The van der Waals surface area contributed by atoms with E-state index >= 15 is 0 Å². The Bertz CT molecular complexity index is 872. The topological polar surface area (TPSA) is 83.1 Å². The zero-order chi connectivity index (χ0) is 17.1. The molecular formula is C17H16N4O3. The van der Waals surface area contributed by atoms with Crippen molar-refractivity contribution in [3.05, 3.63) is 75.7 Å². The van der Waals surface area contributed by atoms with Crippen LogP contribution in [0.3, 0.4) is 0 Å². The van der Waals surface area contributed by atoms with E-state index in [-0.39, 0.29) is 18.2 Å². The Morgan fingerprint density at radius 2 is 1.96 bits per heavy atom. The molecule has 0 amide bonds. The minimum absolute atomic E-state index is 0.158. The van der Waals surface area contributed by atoms with Crippen molar-refractivity contribution in [1.82, 2.24) is 14.8 Å². The van der Waals surface area contributed by atoms with Gasteiger partial charge in [-0.1, -0.05) is 12.1 Å². The fourth-order valence-electron chi connectivity index (χ4n) is 2.42. The Morgan fingerprint density at radius 3 is 2.58 bits per heavy atom. The van der Waals surface area contributed by atoms with Crippen molar-refractivity contribution in [2.75, 3.05) is 0 Å². The van der Waals surface area contributed by atoms with Gasteiger partial charge in [0.25, 0.3) is 0 Å². The highest BCUT2D eigenvalue weighted by Crippen LogP contribution is 2.24. The minimum Gasteiger partial charge on any atom is -0.481 e. The number of nitrogens with zero attached hydrogens (tertiary/aromatic N) is 4. The molecule has 1 aromatic carbocycles. The van der Waals surface area contributed by atoms with Crippen molar-refractivity contribution in [2.45, 2.75) is 20.5 Å². The van der Waals surface area contributed by atoms with Gasteiger partial charge in [0.05, 0.1) is 11.4 Å². The summed E-state index contributed by atoms with van der Waals surface area (Å²) in [5, 5.41) is 15.4. The normalized spacial score (nSPS) is 10.6. The SMILES string of the molecule is Cc1cc(C)n(-c2ccc(COc3cccnc3[N+](=O)[O-])cc2)n1. The highest BCUT2D eigenvalue weighted by molar-refractivity contribution is 5.39. The molecule has 7 heteroatoms. The number of ether oxygens (including phenoxy) is 1. The van der Waals surface area contributed by atoms with Crippen molar-refractivity contribution in [3.63, 3.8) is 0 Å². The average molecular weight is 324 g/mol. The highest BCUT2D eigenvalue weighted by Gasteiger charge is 2.15. The summed E-state index contributed by atoms with van der Waals surface area (Å²) in [4.78, 5) is 14.1. The molecule has 0 aliphatic rings. The van der Waals surface area contributed by atoms with Crippen LogP contribution in [0.5, 0.6) is 5.75 Å². The Labute approximate surface area is 138 Å². The third-order valence-corrected chi connectivity index (χ3v) is 3.51. The van der Waals surface area contributed by atoms with Gasteiger partial charge < -0.3 is 14.9 Å². The summed E-state index contributed by atoms with van der Waals surface area (Å²) in [5.41, 5.74) is 3.88. The Kier molecular flexibility index (Phi) is 4.24. The van der Waals surface area contributed by atoms with Gasteiger partial charge in [-0.05, 0) is 59.7 Å². The van der Waals surface area contributed by atoms with E-state index in [1.54, 1.807) is 6.07 Å². The van der Waals surface area contributed by atoms with Gasteiger partial charge in [0, 0.05) is 5.69 Å². The molecule has 3 rings (SSSR count). The molecule has 0 atom stereocenters. The first-order chi connectivity index (χ1) is 11.5.